The molecule has 3 aromatic rings. The molecule has 1 heterocycles. The minimum Gasteiger partial charge on any atom is -0.497 e. The fourth-order valence-electron chi connectivity index (χ4n) is 4.12. The molecule has 0 unspecified atom stereocenters. The molecule has 0 aliphatic heterocycles. The van der Waals surface area contributed by atoms with Gasteiger partial charge < -0.3 is 20.1 Å². The maximum Gasteiger partial charge on any atom is 0.251 e. The highest BCUT2D eigenvalue weighted by Gasteiger charge is 2.14. The van der Waals surface area contributed by atoms with Crippen LogP contribution in [0.15, 0.2) is 54.9 Å². The SMILES string of the molecule is COc1ccc(OC)c(CNC(=O)c2cccc(-c3cnc(NC4CCCCC4)nc3)c2)c1. The summed E-state index contributed by atoms with van der Waals surface area (Å²) < 4.78 is 10.7. The molecule has 2 N–H and O–H groups in total. The molecule has 0 bridgehead atoms. The van der Waals surface area contributed by atoms with Crippen molar-refractivity contribution in [3.05, 3.63) is 66.0 Å². The van der Waals surface area contributed by atoms with Crippen LogP contribution in [0.5, 0.6) is 11.5 Å². The van der Waals surface area contributed by atoms with E-state index in [1.807, 2.05) is 36.4 Å². The molecule has 1 fully saturated rings. The third-order valence-corrected chi connectivity index (χ3v) is 5.98. The van der Waals surface area contributed by atoms with Crippen molar-refractivity contribution in [1.82, 2.24) is 15.3 Å². The zero-order valence-electron chi connectivity index (χ0n) is 19.1. The number of anilines is 1. The molecule has 0 spiro atoms. The van der Waals surface area contributed by atoms with Gasteiger partial charge in [0.15, 0.2) is 0 Å². The van der Waals surface area contributed by atoms with Crippen LogP contribution in [0.1, 0.15) is 48.0 Å². The molecule has 7 heteroatoms. The predicted octanol–water partition coefficient (Wildman–Crippen LogP) is 4.84. The van der Waals surface area contributed by atoms with Crippen molar-refractivity contribution >= 4 is 11.9 Å². The highest BCUT2D eigenvalue weighted by Crippen LogP contribution is 2.25. The van der Waals surface area contributed by atoms with E-state index < -0.39 is 0 Å². The highest BCUT2D eigenvalue weighted by molar-refractivity contribution is 5.95. The molecule has 1 amide bonds. The second-order valence-electron chi connectivity index (χ2n) is 8.22. The van der Waals surface area contributed by atoms with E-state index in [1.165, 1.54) is 32.1 Å². The van der Waals surface area contributed by atoms with Crippen molar-refractivity contribution in [2.45, 2.75) is 44.7 Å². The first-order chi connectivity index (χ1) is 16.2. The van der Waals surface area contributed by atoms with E-state index in [9.17, 15) is 4.79 Å². The summed E-state index contributed by atoms with van der Waals surface area (Å²) in [4.78, 5) is 21.8. The van der Waals surface area contributed by atoms with Crippen LogP contribution < -0.4 is 20.1 Å². The molecule has 1 saturated carbocycles. The van der Waals surface area contributed by atoms with E-state index >= 15 is 0 Å². The number of methoxy groups -OCH3 is 2. The van der Waals surface area contributed by atoms with Crippen molar-refractivity contribution in [1.29, 1.82) is 0 Å². The van der Waals surface area contributed by atoms with Crippen molar-refractivity contribution in [2.75, 3.05) is 19.5 Å². The van der Waals surface area contributed by atoms with Crippen LogP contribution >= 0.6 is 0 Å². The van der Waals surface area contributed by atoms with Crippen LogP contribution in [0.3, 0.4) is 0 Å². The molecule has 1 aliphatic rings. The summed E-state index contributed by atoms with van der Waals surface area (Å²) in [6, 6.07) is 13.4. The number of carbonyl (C=O) groups excluding carboxylic acids is 1. The summed E-state index contributed by atoms with van der Waals surface area (Å²) >= 11 is 0. The fourth-order valence-corrected chi connectivity index (χ4v) is 4.12. The molecule has 2 aromatic carbocycles. The number of nitrogens with one attached hydrogen (secondary N) is 2. The van der Waals surface area contributed by atoms with Gasteiger partial charge in [-0.3, -0.25) is 4.79 Å². The number of carbonyl (C=O) groups is 1. The molecule has 1 aliphatic carbocycles. The van der Waals surface area contributed by atoms with Gasteiger partial charge in [-0.1, -0.05) is 31.4 Å². The Labute approximate surface area is 194 Å². The average Bonchev–Trinajstić information content (AvgIpc) is 2.88. The Morgan fingerprint density at radius 1 is 0.970 bits per heavy atom. The zero-order chi connectivity index (χ0) is 23.0. The van der Waals surface area contributed by atoms with E-state index in [2.05, 4.69) is 20.6 Å². The molecule has 172 valence electrons. The smallest absolute Gasteiger partial charge is 0.251 e. The molecule has 0 radical (unpaired) electrons. The number of benzene rings is 2. The minimum atomic E-state index is -0.168. The lowest BCUT2D eigenvalue weighted by Crippen LogP contribution is -2.23. The Morgan fingerprint density at radius 3 is 2.48 bits per heavy atom. The van der Waals surface area contributed by atoms with Crippen LogP contribution in [0.2, 0.25) is 0 Å². The van der Waals surface area contributed by atoms with E-state index in [0.717, 1.165) is 16.7 Å². The van der Waals surface area contributed by atoms with Gasteiger partial charge in [-0.25, -0.2) is 9.97 Å². The quantitative estimate of drug-likeness (QED) is 0.515. The molecular formula is C26H30N4O3. The lowest BCUT2D eigenvalue weighted by atomic mass is 9.96. The summed E-state index contributed by atoms with van der Waals surface area (Å²) in [5.41, 5.74) is 3.17. The minimum absolute atomic E-state index is 0.168. The number of ether oxygens (including phenoxy) is 2. The highest BCUT2D eigenvalue weighted by atomic mass is 16.5. The monoisotopic (exact) mass is 446 g/mol. The second-order valence-corrected chi connectivity index (χ2v) is 8.22. The van der Waals surface area contributed by atoms with Gasteiger partial charge in [0.25, 0.3) is 5.91 Å². The normalized spacial score (nSPS) is 13.9. The standard InChI is InChI=1S/C26H30N4O3/c1-32-23-11-12-24(33-2)20(14-23)15-27-25(31)19-8-6-7-18(13-19)21-16-28-26(29-17-21)30-22-9-4-3-5-10-22/h6-8,11-14,16-17,22H,3-5,9-10,15H2,1-2H3,(H,27,31)(H,28,29,30). The van der Waals surface area contributed by atoms with E-state index in [0.29, 0.717) is 35.6 Å². The molecule has 0 saturated heterocycles. The Hall–Kier alpha value is -3.61. The zero-order valence-corrected chi connectivity index (χ0v) is 19.1. The van der Waals surface area contributed by atoms with Crippen LogP contribution in [-0.2, 0) is 6.54 Å². The fraction of sp³-hybridized carbons (Fsp3) is 0.346. The van der Waals surface area contributed by atoms with Crippen molar-refractivity contribution in [3.8, 4) is 22.6 Å². The Morgan fingerprint density at radius 2 is 1.76 bits per heavy atom. The Bertz CT molecular complexity index is 1080. The average molecular weight is 447 g/mol. The van der Waals surface area contributed by atoms with Gasteiger partial charge in [0.2, 0.25) is 5.95 Å². The summed E-state index contributed by atoms with van der Waals surface area (Å²) in [6.45, 7) is 0.327. The van der Waals surface area contributed by atoms with Crippen molar-refractivity contribution in [2.24, 2.45) is 0 Å². The molecule has 7 nitrogen and oxygen atoms in total. The summed E-state index contributed by atoms with van der Waals surface area (Å²) in [7, 11) is 3.21. The first-order valence-corrected chi connectivity index (χ1v) is 11.3. The Balaban J connectivity index is 1.41. The summed E-state index contributed by atoms with van der Waals surface area (Å²) in [6.07, 6.45) is 9.78. The third kappa shape index (κ3) is 5.80. The van der Waals surface area contributed by atoms with Gasteiger partial charge in [0.05, 0.1) is 14.2 Å². The second kappa shape index (κ2) is 10.8. The van der Waals surface area contributed by atoms with Gasteiger partial charge >= 0.3 is 0 Å². The van der Waals surface area contributed by atoms with Crippen LogP contribution in [-0.4, -0.2) is 36.1 Å². The van der Waals surface area contributed by atoms with Gasteiger partial charge in [-0.05, 0) is 48.7 Å². The molecule has 1 aromatic heterocycles. The Kier molecular flexibility index (Phi) is 7.40. The summed E-state index contributed by atoms with van der Waals surface area (Å²) in [5.74, 6) is 1.90. The van der Waals surface area contributed by atoms with E-state index in [4.69, 9.17) is 9.47 Å². The van der Waals surface area contributed by atoms with Crippen LogP contribution in [0.4, 0.5) is 5.95 Å². The molecule has 33 heavy (non-hydrogen) atoms. The first-order valence-electron chi connectivity index (χ1n) is 11.3. The van der Waals surface area contributed by atoms with Crippen molar-refractivity contribution < 1.29 is 14.3 Å². The number of hydrogen-bond acceptors (Lipinski definition) is 6. The molecule has 0 atom stereocenters. The number of hydrogen-bond donors (Lipinski definition) is 2. The molecular weight excluding hydrogens is 416 g/mol. The van der Waals surface area contributed by atoms with Gasteiger partial charge in [-0.2, -0.15) is 0 Å². The lowest BCUT2D eigenvalue weighted by Gasteiger charge is -2.22. The van der Waals surface area contributed by atoms with Gasteiger partial charge in [0, 0.05) is 41.7 Å². The number of rotatable bonds is 8. The first kappa shape index (κ1) is 22.6. The van der Waals surface area contributed by atoms with Crippen molar-refractivity contribution in [3.63, 3.8) is 0 Å². The van der Waals surface area contributed by atoms with Gasteiger partial charge in [0.1, 0.15) is 11.5 Å². The number of aromatic nitrogens is 2. The maximum atomic E-state index is 12.8. The van der Waals surface area contributed by atoms with Crippen LogP contribution in [0, 0.1) is 0 Å². The number of amides is 1. The largest absolute Gasteiger partial charge is 0.497 e. The lowest BCUT2D eigenvalue weighted by molar-refractivity contribution is 0.0950. The number of nitrogens with zero attached hydrogens (tertiary/aromatic N) is 2. The van der Waals surface area contributed by atoms with Gasteiger partial charge in [-0.15, -0.1) is 0 Å². The predicted molar refractivity (Wildman–Crippen MR) is 129 cm³/mol. The maximum absolute atomic E-state index is 12.8. The molecule has 4 rings (SSSR count). The topological polar surface area (TPSA) is 85.4 Å². The third-order valence-electron chi connectivity index (χ3n) is 5.98. The van der Waals surface area contributed by atoms with E-state index in [-0.39, 0.29) is 5.91 Å². The van der Waals surface area contributed by atoms with E-state index in [1.54, 1.807) is 32.7 Å². The van der Waals surface area contributed by atoms with Crippen LogP contribution in [0.25, 0.3) is 11.1 Å². The summed E-state index contributed by atoms with van der Waals surface area (Å²) in [5, 5.41) is 6.39.